The van der Waals surface area contributed by atoms with Crippen LogP contribution in [0.25, 0.3) is 0 Å². The third-order valence-electron chi connectivity index (χ3n) is 3.39. The second kappa shape index (κ2) is 5.44. The number of nitrogens with zero attached hydrogens (tertiary/aromatic N) is 2. The maximum atomic E-state index is 12.5. The summed E-state index contributed by atoms with van der Waals surface area (Å²) < 4.78 is 3.95. The molecule has 0 bridgehead atoms. The van der Waals surface area contributed by atoms with E-state index in [-0.39, 0.29) is 11.2 Å². The lowest BCUT2D eigenvalue weighted by molar-refractivity contribution is 0.0994. The van der Waals surface area contributed by atoms with E-state index in [9.17, 15) is 4.79 Å². The monoisotopic (exact) mass is 288 g/mol. The van der Waals surface area contributed by atoms with Gasteiger partial charge in [0.15, 0.2) is 5.78 Å². The predicted octanol–water partition coefficient (Wildman–Crippen LogP) is 3.88. The Morgan fingerprint density at radius 2 is 1.90 bits per heavy atom. The number of aromatic nitrogens is 2. The molecule has 1 heterocycles. The third kappa shape index (κ3) is 3.12. The molecule has 0 amide bonds. The Kier molecular flexibility index (Phi) is 4.04. The number of rotatable bonds is 3. The fourth-order valence-corrected chi connectivity index (χ4v) is 2.86. The van der Waals surface area contributed by atoms with Crippen LogP contribution in [0.4, 0.5) is 0 Å². The van der Waals surface area contributed by atoms with Gasteiger partial charge in [-0.05, 0) is 42.1 Å². The molecule has 2 aromatic rings. The zero-order chi connectivity index (χ0) is 14.9. The van der Waals surface area contributed by atoms with Gasteiger partial charge in [0, 0.05) is 11.8 Å². The highest BCUT2D eigenvalue weighted by molar-refractivity contribution is 7.08. The van der Waals surface area contributed by atoms with Gasteiger partial charge in [-0.3, -0.25) is 4.79 Å². The largest absolute Gasteiger partial charge is 0.293 e. The average Bonchev–Trinajstić information content (AvgIpc) is 2.83. The summed E-state index contributed by atoms with van der Waals surface area (Å²) in [5.41, 5.74) is 4.16. The van der Waals surface area contributed by atoms with Crippen molar-refractivity contribution >= 4 is 17.3 Å². The Bertz CT molecular complexity index is 638. The number of benzene rings is 1. The third-order valence-corrected chi connectivity index (χ3v) is 4.15. The molecule has 1 aromatic carbocycles. The molecule has 2 rings (SSSR count). The van der Waals surface area contributed by atoms with Gasteiger partial charge in [-0.1, -0.05) is 43.5 Å². The molecule has 0 N–H and O–H groups in total. The average molecular weight is 288 g/mol. The van der Waals surface area contributed by atoms with E-state index in [0.29, 0.717) is 11.3 Å². The van der Waals surface area contributed by atoms with E-state index in [2.05, 4.69) is 56.3 Å². The molecule has 0 atom stereocenters. The number of aryl methyl sites for hydroxylation is 2. The van der Waals surface area contributed by atoms with Crippen LogP contribution in [0.1, 0.15) is 52.8 Å². The van der Waals surface area contributed by atoms with Gasteiger partial charge in [-0.25, -0.2) is 0 Å². The van der Waals surface area contributed by atoms with Crippen molar-refractivity contribution in [2.75, 3.05) is 0 Å². The van der Waals surface area contributed by atoms with Gasteiger partial charge in [0.1, 0.15) is 4.88 Å². The Labute approximate surface area is 124 Å². The molecular formula is C16H20N2OS. The van der Waals surface area contributed by atoms with Crippen LogP contribution in [0.5, 0.6) is 0 Å². The molecule has 0 unspecified atom stereocenters. The summed E-state index contributed by atoms with van der Waals surface area (Å²) in [4.78, 5) is 13.2. The minimum absolute atomic E-state index is 0.105. The fourth-order valence-electron chi connectivity index (χ4n) is 2.04. The van der Waals surface area contributed by atoms with Gasteiger partial charge in [-0.2, -0.15) is 0 Å². The van der Waals surface area contributed by atoms with Crippen LogP contribution in [0.15, 0.2) is 18.2 Å². The highest BCUT2D eigenvalue weighted by atomic mass is 32.1. The highest BCUT2D eigenvalue weighted by Gasteiger charge is 2.26. The van der Waals surface area contributed by atoms with Gasteiger partial charge >= 0.3 is 0 Å². The van der Waals surface area contributed by atoms with Gasteiger partial charge < -0.3 is 0 Å². The molecule has 0 aliphatic heterocycles. The van der Waals surface area contributed by atoms with Gasteiger partial charge in [-0.15, -0.1) is 5.10 Å². The van der Waals surface area contributed by atoms with Crippen molar-refractivity contribution in [2.45, 2.75) is 46.5 Å². The molecular weight excluding hydrogens is 268 g/mol. The highest BCUT2D eigenvalue weighted by Crippen LogP contribution is 2.27. The molecule has 0 spiro atoms. The SMILES string of the molecule is Cc1ccc(CC(=O)c2snnc2C(C)(C)C)cc1C. The van der Waals surface area contributed by atoms with Crippen molar-refractivity contribution in [3.8, 4) is 0 Å². The lowest BCUT2D eigenvalue weighted by Gasteiger charge is -2.16. The van der Waals surface area contributed by atoms with Crippen molar-refractivity contribution in [1.82, 2.24) is 9.59 Å². The first kappa shape index (κ1) is 14.9. The first-order chi connectivity index (χ1) is 9.29. The van der Waals surface area contributed by atoms with E-state index in [4.69, 9.17) is 0 Å². The Morgan fingerprint density at radius 3 is 2.50 bits per heavy atom. The first-order valence-corrected chi connectivity index (χ1v) is 7.48. The maximum Gasteiger partial charge on any atom is 0.180 e. The van der Waals surface area contributed by atoms with E-state index < -0.39 is 0 Å². The topological polar surface area (TPSA) is 42.9 Å². The molecule has 3 nitrogen and oxygen atoms in total. The summed E-state index contributed by atoms with van der Waals surface area (Å²) in [5.74, 6) is 0.105. The minimum Gasteiger partial charge on any atom is -0.293 e. The van der Waals surface area contributed by atoms with Crippen LogP contribution >= 0.6 is 11.5 Å². The molecule has 0 radical (unpaired) electrons. The van der Waals surface area contributed by atoms with Crippen LogP contribution in [0.3, 0.4) is 0 Å². The molecule has 106 valence electrons. The molecule has 1 aromatic heterocycles. The minimum atomic E-state index is -0.152. The second-order valence-corrected chi connectivity index (χ2v) is 6.97. The Hall–Kier alpha value is -1.55. The number of hydrogen-bond donors (Lipinski definition) is 0. The summed E-state index contributed by atoms with van der Waals surface area (Å²) in [7, 11) is 0. The lowest BCUT2D eigenvalue weighted by Crippen LogP contribution is -2.17. The summed E-state index contributed by atoms with van der Waals surface area (Å²) >= 11 is 1.20. The molecule has 20 heavy (non-hydrogen) atoms. The van der Waals surface area contributed by atoms with E-state index in [0.717, 1.165) is 11.3 Å². The van der Waals surface area contributed by atoms with Crippen molar-refractivity contribution < 1.29 is 4.79 Å². The Morgan fingerprint density at radius 1 is 1.20 bits per heavy atom. The molecule has 0 fully saturated rings. The fraction of sp³-hybridized carbons (Fsp3) is 0.438. The summed E-state index contributed by atoms with van der Waals surface area (Å²) in [5, 5.41) is 4.13. The van der Waals surface area contributed by atoms with E-state index in [1.807, 2.05) is 6.07 Å². The Balaban J connectivity index is 2.25. The lowest BCUT2D eigenvalue weighted by atomic mass is 9.90. The van der Waals surface area contributed by atoms with E-state index in [1.165, 1.54) is 22.7 Å². The maximum absolute atomic E-state index is 12.5. The number of Topliss-reactive ketones (excluding diaryl/α,β-unsaturated/α-hetero) is 1. The molecule has 4 heteroatoms. The van der Waals surface area contributed by atoms with Crippen molar-refractivity contribution in [2.24, 2.45) is 0 Å². The summed E-state index contributed by atoms with van der Waals surface area (Å²) in [6, 6.07) is 6.16. The standard InChI is InChI=1S/C16H20N2OS/c1-10-6-7-12(8-11(10)2)9-13(19)14-15(16(3,4)5)17-18-20-14/h6-8H,9H2,1-5H3. The number of carbonyl (C=O) groups excluding carboxylic acids is 1. The zero-order valence-corrected chi connectivity index (χ0v) is 13.5. The van der Waals surface area contributed by atoms with Crippen LogP contribution in [-0.4, -0.2) is 15.4 Å². The summed E-state index contributed by atoms with van der Waals surface area (Å²) in [6.07, 6.45) is 0.411. The zero-order valence-electron chi connectivity index (χ0n) is 12.7. The molecule has 0 saturated heterocycles. The van der Waals surface area contributed by atoms with Crippen LogP contribution in [-0.2, 0) is 11.8 Å². The van der Waals surface area contributed by atoms with Crippen LogP contribution < -0.4 is 0 Å². The predicted molar refractivity (Wildman–Crippen MR) is 82.6 cm³/mol. The van der Waals surface area contributed by atoms with Crippen molar-refractivity contribution in [1.29, 1.82) is 0 Å². The molecule has 0 aliphatic carbocycles. The summed E-state index contributed by atoms with van der Waals surface area (Å²) in [6.45, 7) is 10.3. The second-order valence-electron chi connectivity index (χ2n) is 6.22. The first-order valence-electron chi connectivity index (χ1n) is 6.71. The van der Waals surface area contributed by atoms with Gasteiger partial charge in [0.2, 0.25) is 0 Å². The quantitative estimate of drug-likeness (QED) is 0.805. The van der Waals surface area contributed by atoms with E-state index >= 15 is 0 Å². The number of hydrogen-bond acceptors (Lipinski definition) is 4. The van der Waals surface area contributed by atoms with Crippen molar-refractivity contribution in [3.63, 3.8) is 0 Å². The molecule has 0 saturated carbocycles. The van der Waals surface area contributed by atoms with Crippen LogP contribution in [0, 0.1) is 13.8 Å². The number of ketones is 1. The van der Waals surface area contributed by atoms with Gasteiger partial charge in [0.05, 0.1) is 5.69 Å². The van der Waals surface area contributed by atoms with E-state index in [1.54, 1.807) is 0 Å². The molecule has 0 aliphatic rings. The van der Waals surface area contributed by atoms with Crippen LogP contribution in [0.2, 0.25) is 0 Å². The van der Waals surface area contributed by atoms with Gasteiger partial charge in [0.25, 0.3) is 0 Å². The van der Waals surface area contributed by atoms with Crippen molar-refractivity contribution in [3.05, 3.63) is 45.5 Å². The smallest absolute Gasteiger partial charge is 0.180 e. The number of carbonyl (C=O) groups is 1. The normalized spacial score (nSPS) is 11.7.